The number of benzene rings is 1. The molecule has 4 nitrogen and oxygen atoms in total. The molecule has 1 aromatic rings. The van der Waals surface area contributed by atoms with Crippen molar-refractivity contribution >= 4 is 39.2 Å². The number of nitrogens with zero attached hydrogens (tertiary/aromatic N) is 2. The maximum absolute atomic E-state index is 8.92. The Morgan fingerprint density at radius 1 is 1.61 bits per heavy atom. The van der Waals surface area contributed by atoms with E-state index in [1.807, 2.05) is 30.0 Å². The second kappa shape index (κ2) is 5.84. The highest BCUT2D eigenvalue weighted by atomic mass is 79.9. The van der Waals surface area contributed by atoms with Crippen LogP contribution in [0.25, 0.3) is 0 Å². The molecule has 0 amide bonds. The Balaban J connectivity index is 2.46. The summed E-state index contributed by atoms with van der Waals surface area (Å²) in [6, 6.07) is 6.34. The van der Waals surface area contributed by atoms with Crippen molar-refractivity contribution in [1.82, 2.24) is 0 Å². The van der Waals surface area contributed by atoms with Gasteiger partial charge in [0, 0.05) is 34.3 Å². The minimum Gasteiger partial charge on any atom is -0.409 e. The Morgan fingerprint density at radius 3 is 3.06 bits per heavy atom. The first-order valence-electron chi connectivity index (χ1n) is 5.76. The molecule has 3 N–H and O–H groups in total. The fraction of sp³-hybridized carbons (Fsp3) is 0.417. The van der Waals surface area contributed by atoms with Crippen molar-refractivity contribution in [3.05, 3.63) is 28.2 Å². The van der Waals surface area contributed by atoms with Gasteiger partial charge >= 0.3 is 0 Å². The molecular formula is C12H16BrN3OS. The smallest absolute Gasteiger partial charge is 0.173 e. The van der Waals surface area contributed by atoms with E-state index in [-0.39, 0.29) is 5.84 Å². The van der Waals surface area contributed by atoms with E-state index in [1.165, 1.54) is 0 Å². The van der Waals surface area contributed by atoms with Crippen LogP contribution in [0.2, 0.25) is 0 Å². The number of oxime groups is 1. The summed E-state index contributed by atoms with van der Waals surface area (Å²) in [4.78, 5) is 2.31. The number of rotatable bonds is 2. The highest BCUT2D eigenvalue weighted by Gasteiger charge is 2.23. The maximum Gasteiger partial charge on any atom is 0.173 e. The first-order chi connectivity index (χ1) is 8.65. The van der Waals surface area contributed by atoms with Gasteiger partial charge in [0.2, 0.25) is 0 Å². The third-order valence-corrected chi connectivity index (χ3v) is 4.88. The van der Waals surface area contributed by atoms with Gasteiger partial charge in [-0.3, -0.25) is 0 Å². The molecular weight excluding hydrogens is 314 g/mol. The molecule has 0 saturated carbocycles. The Hall–Kier alpha value is -0.880. The largest absolute Gasteiger partial charge is 0.409 e. The third-order valence-electron chi connectivity index (χ3n) is 3.03. The lowest BCUT2D eigenvalue weighted by molar-refractivity contribution is 0.318. The summed E-state index contributed by atoms with van der Waals surface area (Å²) in [7, 11) is 0. The van der Waals surface area contributed by atoms with Gasteiger partial charge in [-0.25, -0.2) is 0 Å². The first-order valence-corrected chi connectivity index (χ1v) is 7.70. The average Bonchev–Trinajstić information content (AvgIpc) is 2.38. The van der Waals surface area contributed by atoms with Crippen LogP contribution in [0.15, 0.2) is 27.8 Å². The molecule has 6 heteroatoms. The number of thioether (sulfide) groups is 1. The van der Waals surface area contributed by atoms with E-state index < -0.39 is 0 Å². The number of hydrogen-bond donors (Lipinski definition) is 2. The Kier molecular flexibility index (Phi) is 4.40. The van der Waals surface area contributed by atoms with Gasteiger partial charge in [0.1, 0.15) is 0 Å². The summed E-state index contributed by atoms with van der Waals surface area (Å²) in [6.45, 7) is 3.18. The van der Waals surface area contributed by atoms with E-state index in [0.717, 1.165) is 33.8 Å². The van der Waals surface area contributed by atoms with Crippen LogP contribution in [0.4, 0.5) is 5.69 Å². The topological polar surface area (TPSA) is 61.8 Å². The zero-order valence-corrected chi connectivity index (χ0v) is 12.5. The zero-order valence-electron chi connectivity index (χ0n) is 10.1. The minimum absolute atomic E-state index is 0.142. The molecule has 1 aliphatic heterocycles. The molecule has 98 valence electrons. The van der Waals surface area contributed by atoms with Gasteiger partial charge in [-0.2, -0.15) is 11.8 Å². The molecule has 1 saturated heterocycles. The number of amidine groups is 1. The van der Waals surface area contributed by atoms with Gasteiger partial charge in [0.15, 0.2) is 5.84 Å². The van der Waals surface area contributed by atoms with Crippen LogP contribution in [-0.4, -0.2) is 35.1 Å². The minimum atomic E-state index is 0.142. The SMILES string of the molecule is CC1CSCCN1c1cccc(Br)c1/C(N)=N/O. The van der Waals surface area contributed by atoms with Gasteiger partial charge in [-0.05, 0) is 35.0 Å². The van der Waals surface area contributed by atoms with Crippen molar-refractivity contribution in [2.75, 3.05) is 23.0 Å². The first kappa shape index (κ1) is 13.5. The van der Waals surface area contributed by atoms with Crippen molar-refractivity contribution < 1.29 is 5.21 Å². The van der Waals surface area contributed by atoms with E-state index in [0.29, 0.717) is 6.04 Å². The molecule has 1 aromatic carbocycles. The van der Waals surface area contributed by atoms with Crippen molar-refractivity contribution in [3.8, 4) is 0 Å². The Morgan fingerprint density at radius 2 is 2.39 bits per heavy atom. The fourth-order valence-corrected chi connectivity index (χ4v) is 3.71. The van der Waals surface area contributed by atoms with Crippen LogP contribution in [0, 0.1) is 0 Å². The molecule has 0 radical (unpaired) electrons. The van der Waals surface area contributed by atoms with Crippen molar-refractivity contribution in [3.63, 3.8) is 0 Å². The van der Waals surface area contributed by atoms with Gasteiger partial charge in [-0.1, -0.05) is 11.2 Å². The molecule has 0 aromatic heterocycles. The molecule has 1 aliphatic rings. The molecule has 0 aliphatic carbocycles. The van der Waals surface area contributed by atoms with Gasteiger partial charge in [0.25, 0.3) is 0 Å². The van der Waals surface area contributed by atoms with E-state index in [4.69, 9.17) is 10.9 Å². The van der Waals surface area contributed by atoms with E-state index in [2.05, 4.69) is 32.9 Å². The van der Waals surface area contributed by atoms with Crippen LogP contribution < -0.4 is 10.6 Å². The number of nitrogens with two attached hydrogens (primary N) is 1. The molecule has 1 fully saturated rings. The second-order valence-electron chi connectivity index (χ2n) is 4.24. The molecule has 2 rings (SSSR count). The number of hydrogen-bond acceptors (Lipinski definition) is 4. The summed E-state index contributed by atoms with van der Waals surface area (Å²) in [5.41, 5.74) is 7.57. The number of halogens is 1. The Bertz CT molecular complexity index is 467. The zero-order chi connectivity index (χ0) is 13.1. The average molecular weight is 330 g/mol. The van der Waals surface area contributed by atoms with Gasteiger partial charge < -0.3 is 15.8 Å². The summed E-state index contributed by atoms with van der Waals surface area (Å²) in [5, 5.41) is 12.1. The van der Waals surface area contributed by atoms with E-state index >= 15 is 0 Å². The van der Waals surface area contributed by atoms with Crippen molar-refractivity contribution in [2.45, 2.75) is 13.0 Å². The summed E-state index contributed by atoms with van der Waals surface area (Å²) < 4.78 is 0.848. The predicted molar refractivity (Wildman–Crippen MR) is 80.8 cm³/mol. The monoisotopic (exact) mass is 329 g/mol. The lowest BCUT2D eigenvalue weighted by atomic mass is 10.1. The lowest BCUT2D eigenvalue weighted by Crippen LogP contribution is -2.41. The second-order valence-corrected chi connectivity index (χ2v) is 6.24. The van der Waals surface area contributed by atoms with Crippen molar-refractivity contribution in [1.29, 1.82) is 0 Å². The summed E-state index contributed by atoms with van der Waals surface area (Å²) in [5.74, 6) is 2.34. The van der Waals surface area contributed by atoms with Gasteiger partial charge in [0.05, 0.1) is 5.56 Å². The molecule has 0 bridgehead atoms. The molecule has 1 atom stereocenters. The summed E-state index contributed by atoms with van der Waals surface area (Å²) in [6.07, 6.45) is 0. The fourth-order valence-electron chi connectivity index (χ4n) is 2.14. The van der Waals surface area contributed by atoms with Crippen LogP contribution >= 0.6 is 27.7 Å². The predicted octanol–water partition coefficient (Wildman–Crippen LogP) is 2.49. The van der Waals surface area contributed by atoms with Crippen LogP contribution in [0.1, 0.15) is 12.5 Å². The van der Waals surface area contributed by atoms with E-state index in [1.54, 1.807) is 0 Å². The number of anilines is 1. The quantitative estimate of drug-likeness (QED) is 0.379. The normalized spacial score (nSPS) is 21.1. The highest BCUT2D eigenvalue weighted by Crippen LogP contribution is 2.31. The Labute approximate surface area is 119 Å². The summed E-state index contributed by atoms with van der Waals surface area (Å²) >= 11 is 5.43. The third kappa shape index (κ3) is 2.59. The lowest BCUT2D eigenvalue weighted by Gasteiger charge is -2.36. The standard InChI is InChI=1S/C12H16BrN3OS/c1-8-7-18-6-5-16(8)10-4-2-3-9(13)11(10)12(14)15-17/h2-4,8,17H,5-7H2,1H3,(H2,14,15). The maximum atomic E-state index is 8.92. The molecule has 18 heavy (non-hydrogen) atoms. The van der Waals surface area contributed by atoms with Gasteiger partial charge in [-0.15, -0.1) is 0 Å². The molecule has 0 spiro atoms. The van der Waals surface area contributed by atoms with Crippen LogP contribution in [-0.2, 0) is 0 Å². The van der Waals surface area contributed by atoms with Crippen molar-refractivity contribution in [2.24, 2.45) is 10.9 Å². The van der Waals surface area contributed by atoms with Crippen LogP contribution in [0.3, 0.4) is 0 Å². The highest BCUT2D eigenvalue weighted by molar-refractivity contribution is 9.10. The van der Waals surface area contributed by atoms with Crippen LogP contribution in [0.5, 0.6) is 0 Å². The van der Waals surface area contributed by atoms with E-state index in [9.17, 15) is 0 Å². The molecule has 1 unspecified atom stereocenters. The molecule has 1 heterocycles.